The average Bonchev–Trinajstić information content (AvgIpc) is 2.99. The summed E-state index contributed by atoms with van der Waals surface area (Å²) in [5.74, 6) is 0.684. The van der Waals surface area contributed by atoms with E-state index in [1.165, 1.54) is 0 Å². The fourth-order valence-corrected chi connectivity index (χ4v) is 2.73. The van der Waals surface area contributed by atoms with Crippen LogP contribution >= 0.6 is 0 Å². The van der Waals surface area contributed by atoms with E-state index in [1.54, 1.807) is 12.3 Å². The fraction of sp³-hybridized carbons (Fsp3) is 0.154. The molecule has 0 aliphatic carbocycles. The number of benzene rings is 1. The van der Waals surface area contributed by atoms with Crippen LogP contribution in [0.3, 0.4) is 0 Å². The predicted molar refractivity (Wildman–Crippen MR) is 69.8 cm³/mol. The number of nitrogens with zero attached hydrogens (tertiary/aromatic N) is 4. The van der Waals surface area contributed by atoms with E-state index >= 15 is 0 Å². The van der Waals surface area contributed by atoms with E-state index in [0.717, 1.165) is 24.1 Å². The van der Waals surface area contributed by atoms with Gasteiger partial charge in [-0.3, -0.25) is 10.1 Å². The monoisotopic (exact) mass is 254 g/mol. The maximum Gasteiger partial charge on any atom is 0.298 e. The van der Waals surface area contributed by atoms with Crippen molar-refractivity contribution in [1.82, 2.24) is 14.1 Å². The molecule has 6 nitrogen and oxygen atoms in total. The number of rotatable bonds is 1. The van der Waals surface area contributed by atoms with Gasteiger partial charge in [0.1, 0.15) is 0 Å². The molecule has 1 aliphatic rings. The number of aromatic nitrogens is 3. The molecule has 0 atom stereocenters. The lowest BCUT2D eigenvalue weighted by Crippen LogP contribution is -2.16. The minimum atomic E-state index is -0.346. The smallest absolute Gasteiger partial charge is 0.298 e. The quantitative estimate of drug-likeness (QED) is 0.494. The molecule has 0 unspecified atom stereocenters. The predicted octanol–water partition coefficient (Wildman–Crippen LogP) is 2.43. The number of imidazole rings is 1. The minimum absolute atomic E-state index is 0.122. The Labute approximate surface area is 108 Å². The highest BCUT2D eigenvalue weighted by molar-refractivity contribution is 5.82. The lowest BCUT2D eigenvalue weighted by Gasteiger charge is -2.17. The van der Waals surface area contributed by atoms with Gasteiger partial charge in [-0.2, -0.15) is 0 Å². The third kappa shape index (κ3) is 1.28. The molecule has 1 aliphatic heterocycles. The zero-order valence-corrected chi connectivity index (χ0v) is 9.98. The molecular formula is C13H10N4O2. The Morgan fingerprint density at radius 2 is 2.05 bits per heavy atom. The summed E-state index contributed by atoms with van der Waals surface area (Å²) in [7, 11) is 0. The van der Waals surface area contributed by atoms with E-state index in [-0.39, 0.29) is 10.6 Å². The standard InChI is InChI=1S/C13H10N4O2/c18-17(19)11-5-6-15-7-8-16-10-4-2-1-3-9(10)14-13(16)12(11)15/h1-6H,7-8H2. The zero-order chi connectivity index (χ0) is 13.0. The number of para-hydroxylation sites is 2. The molecule has 0 fully saturated rings. The van der Waals surface area contributed by atoms with Crippen molar-refractivity contribution in [2.75, 3.05) is 0 Å². The van der Waals surface area contributed by atoms with Gasteiger partial charge in [0, 0.05) is 25.4 Å². The van der Waals surface area contributed by atoms with Gasteiger partial charge in [-0.15, -0.1) is 0 Å². The Balaban J connectivity index is 2.08. The third-order valence-corrected chi connectivity index (χ3v) is 3.57. The molecule has 0 amide bonds. The van der Waals surface area contributed by atoms with Crippen LogP contribution in [0.5, 0.6) is 0 Å². The van der Waals surface area contributed by atoms with Crippen LogP contribution in [0.25, 0.3) is 22.6 Å². The summed E-state index contributed by atoms with van der Waals surface area (Å²) >= 11 is 0. The summed E-state index contributed by atoms with van der Waals surface area (Å²) in [5, 5.41) is 11.1. The van der Waals surface area contributed by atoms with Gasteiger partial charge in [-0.25, -0.2) is 4.98 Å². The van der Waals surface area contributed by atoms with Crippen LogP contribution in [0.4, 0.5) is 5.69 Å². The highest BCUT2D eigenvalue weighted by Gasteiger charge is 2.28. The molecular weight excluding hydrogens is 244 g/mol. The Morgan fingerprint density at radius 3 is 2.89 bits per heavy atom. The molecule has 4 rings (SSSR count). The highest BCUT2D eigenvalue weighted by Crippen LogP contribution is 2.35. The third-order valence-electron chi connectivity index (χ3n) is 3.57. The Kier molecular flexibility index (Phi) is 1.87. The van der Waals surface area contributed by atoms with Crippen molar-refractivity contribution in [3.8, 4) is 11.5 Å². The number of nitro groups is 1. The number of aryl methyl sites for hydroxylation is 2. The number of fused-ring (bicyclic) bond motifs is 5. The maximum absolute atomic E-state index is 11.1. The van der Waals surface area contributed by atoms with Gasteiger partial charge in [0.05, 0.1) is 16.0 Å². The Bertz CT molecular complexity index is 815. The molecule has 0 saturated carbocycles. The average molecular weight is 254 g/mol. The zero-order valence-electron chi connectivity index (χ0n) is 9.98. The summed E-state index contributed by atoms with van der Waals surface area (Å²) in [6.07, 6.45) is 1.76. The highest BCUT2D eigenvalue weighted by atomic mass is 16.6. The SMILES string of the molecule is O=[N+]([O-])c1ccn2c1-c1nc3ccccc3n1CC2. The molecule has 1 aromatic carbocycles. The van der Waals surface area contributed by atoms with Crippen LogP contribution in [0.1, 0.15) is 0 Å². The fourth-order valence-electron chi connectivity index (χ4n) is 2.73. The first-order valence-corrected chi connectivity index (χ1v) is 6.05. The van der Waals surface area contributed by atoms with Crippen LogP contribution in [0.15, 0.2) is 36.5 Å². The Hall–Kier alpha value is -2.63. The van der Waals surface area contributed by atoms with Crippen molar-refractivity contribution in [2.45, 2.75) is 13.1 Å². The molecule has 6 heteroatoms. The summed E-state index contributed by atoms with van der Waals surface area (Å²) < 4.78 is 3.96. The van der Waals surface area contributed by atoms with Crippen LogP contribution in [0.2, 0.25) is 0 Å². The van der Waals surface area contributed by atoms with E-state index < -0.39 is 0 Å². The van der Waals surface area contributed by atoms with Gasteiger partial charge in [0.15, 0.2) is 11.5 Å². The molecule has 3 heterocycles. The lowest BCUT2D eigenvalue weighted by molar-refractivity contribution is -0.384. The van der Waals surface area contributed by atoms with Crippen molar-refractivity contribution < 1.29 is 4.92 Å². The van der Waals surface area contributed by atoms with Crippen molar-refractivity contribution in [2.24, 2.45) is 0 Å². The van der Waals surface area contributed by atoms with Crippen LogP contribution < -0.4 is 0 Å². The second-order valence-electron chi connectivity index (χ2n) is 4.58. The summed E-state index contributed by atoms with van der Waals surface area (Å²) in [6, 6.07) is 9.36. The first kappa shape index (κ1) is 10.3. The van der Waals surface area contributed by atoms with Gasteiger partial charge in [-0.05, 0) is 12.1 Å². The summed E-state index contributed by atoms with van der Waals surface area (Å²) in [4.78, 5) is 15.3. The Morgan fingerprint density at radius 1 is 1.21 bits per heavy atom. The van der Waals surface area contributed by atoms with Crippen molar-refractivity contribution in [3.05, 3.63) is 46.6 Å². The maximum atomic E-state index is 11.1. The van der Waals surface area contributed by atoms with Gasteiger partial charge in [-0.1, -0.05) is 12.1 Å². The second kappa shape index (κ2) is 3.44. The normalized spacial score (nSPS) is 13.3. The van der Waals surface area contributed by atoms with Crippen molar-refractivity contribution in [1.29, 1.82) is 0 Å². The molecule has 94 valence electrons. The molecule has 0 spiro atoms. The van der Waals surface area contributed by atoms with Gasteiger partial charge >= 0.3 is 0 Å². The van der Waals surface area contributed by atoms with Gasteiger partial charge in [0.2, 0.25) is 0 Å². The number of hydrogen-bond acceptors (Lipinski definition) is 3. The topological polar surface area (TPSA) is 65.9 Å². The molecule has 19 heavy (non-hydrogen) atoms. The molecule has 3 aromatic rings. The minimum Gasteiger partial charge on any atom is -0.337 e. The number of hydrogen-bond donors (Lipinski definition) is 0. The van der Waals surface area contributed by atoms with E-state index in [2.05, 4.69) is 9.55 Å². The molecule has 0 saturated heterocycles. The van der Waals surface area contributed by atoms with Crippen LogP contribution in [-0.2, 0) is 13.1 Å². The van der Waals surface area contributed by atoms with Crippen LogP contribution in [-0.4, -0.2) is 19.0 Å². The summed E-state index contributed by atoms with van der Waals surface area (Å²) in [5.41, 5.74) is 2.63. The van der Waals surface area contributed by atoms with E-state index in [1.807, 2.05) is 28.8 Å². The van der Waals surface area contributed by atoms with E-state index in [9.17, 15) is 10.1 Å². The molecule has 0 bridgehead atoms. The largest absolute Gasteiger partial charge is 0.337 e. The molecule has 0 radical (unpaired) electrons. The van der Waals surface area contributed by atoms with E-state index in [4.69, 9.17) is 0 Å². The van der Waals surface area contributed by atoms with Crippen molar-refractivity contribution >= 4 is 16.7 Å². The summed E-state index contributed by atoms with van der Waals surface area (Å²) in [6.45, 7) is 1.52. The second-order valence-corrected chi connectivity index (χ2v) is 4.58. The van der Waals surface area contributed by atoms with Gasteiger partial charge < -0.3 is 9.13 Å². The first-order valence-electron chi connectivity index (χ1n) is 6.05. The first-order chi connectivity index (χ1) is 9.25. The lowest BCUT2D eigenvalue weighted by atomic mass is 10.3. The van der Waals surface area contributed by atoms with Crippen molar-refractivity contribution in [3.63, 3.8) is 0 Å². The van der Waals surface area contributed by atoms with Gasteiger partial charge in [0.25, 0.3) is 5.69 Å². The molecule has 2 aromatic heterocycles. The van der Waals surface area contributed by atoms with E-state index in [0.29, 0.717) is 11.5 Å². The molecule has 0 N–H and O–H groups in total. The van der Waals surface area contributed by atoms with Crippen LogP contribution in [0, 0.1) is 10.1 Å².